The van der Waals surface area contributed by atoms with Crippen LogP contribution in [0.3, 0.4) is 0 Å². The minimum Gasteiger partial charge on any atom is -0.465 e. The van der Waals surface area contributed by atoms with Crippen LogP contribution in [0.15, 0.2) is 53.2 Å². The number of rotatable bonds is 10. The van der Waals surface area contributed by atoms with E-state index in [4.69, 9.17) is 14.4 Å². The largest absolute Gasteiger partial charge is 0.465 e. The third-order valence-corrected chi connectivity index (χ3v) is 11.2. The number of nitrogens with one attached hydrogen (secondary N) is 4. The van der Waals surface area contributed by atoms with Crippen LogP contribution in [0.4, 0.5) is 9.59 Å². The van der Waals surface area contributed by atoms with Crippen LogP contribution in [0.1, 0.15) is 75.1 Å². The maximum Gasteiger partial charge on any atom is 0.405 e. The summed E-state index contributed by atoms with van der Waals surface area (Å²) in [5.41, 5.74) is 4.55. The monoisotopic (exact) mass is 720 g/mol. The number of aromatic nitrogens is 4. The SMILES string of the molecule is O=C(O)NC(C(=O)N1CCCC1c1nc(-c2ccc3c(c2)oc2cc(-c4c[nH]c([C@@H]5CCCN5C(=O)[C@@H](NC(=O)O)C5CC5)n4)ccc23)c[nH]1)C1CC1. The number of hydrogen-bond donors (Lipinski definition) is 6. The third kappa shape index (κ3) is 6.23. The number of carboxylic acid groups (broad SMARTS) is 2. The molecule has 0 spiro atoms. The number of fused-ring (bicyclic) bond motifs is 3. The van der Waals surface area contributed by atoms with E-state index in [2.05, 4.69) is 20.6 Å². The van der Waals surface area contributed by atoms with Crippen molar-refractivity contribution >= 4 is 45.9 Å². The second-order valence-electron chi connectivity index (χ2n) is 14.8. The second-order valence-corrected chi connectivity index (χ2v) is 14.8. The molecule has 4 atom stereocenters. The number of aromatic amines is 2. The molecule has 9 rings (SSSR count). The predicted molar refractivity (Wildman–Crippen MR) is 192 cm³/mol. The van der Waals surface area contributed by atoms with E-state index in [0.717, 1.165) is 84.7 Å². The van der Waals surface area contributed by atoms with Crippen LogP contribution >= 0.6 is 0 Å². The summed E-state index contributed by atoms with van der Waals surface area (Å²) in [4.78, 5) is 69.5. The highest BCUT2D eigenvalue weighted by Gasteiger charge is 2.44. The van der Waals surface area contributed by atoms with Gasteiger partial charge in [0.1, 0.15) is 34.9 Å². The molecule has 5 heterocycles. The molecule has 0 bridgehead atoms. The minimum absolute atomic E-state index is 0.0472. The van der Waals surface area contributed by atoms with Crippen LogP contribution in [0.25, 0.3) is 44.5 Å². The van der Waals surface area contributed by atoms with E-state index in [-0.39, 0.29) is 35.7 Å². The summed E-state index contributed by atoms with van der Waals surface area (Å²) in [6, 6.07) is 9.98. The molecule has 15 heteroatoms. The second kappa shape index (κ2) is 13.0. The summed E-state index contributed by atoms with van der Waals surface area (Å²) >= 11 is 0. The quantitative estimate of drug-likeness (QED) is 0.103. The maximum absolute atomic E-state index is 13.4. The Morgan fingerprint density at radius 3 is 1.51 bits per heavy atom. The van der Waals surface area contributed by atoms with Crippen LogP contribution < -0.4 is 10.6 Å². The topological polar surface area (TPSA) is 210 Å². The third-order valence-electron chi connectivity index (χ3n) is 11.2. The normalized spacial score (nSPS) is 21.3. The summed E-state index contributed by atoms with van der Waals surface area (Å²) in [5.74, 6) is 1.07. The minimum atomic E-state index is -1.18. The summed E-state index contributed by atoms with van der Waals surface area (Å²) in [5, 5.41) is 25.4. The molecular weight excluding hydrogens is 680 g/mol. The van der Waals surface area contributed by atoms with E-state index in [1.807, 2.05) is 48.8 Å². The Bertz CT molecular complexity index is 2100. The van der Waals surface area contributed by atoms with Crippen molar-refractivity contribution in [1.82, 2.24) is 40.4 Å². The Morgan fingerprint density at radius 2 is 1.11 bits per heavy atom. The van der Waals surface area contributed by atoms with Crippen molar-refractivity contribution in [3.8, 4) is 22.5 Å². The van der Waals surface area contributed by atoms with Crippen LogP contribution in [0.5, 0.6) is 0 Å². The zero-order valence-electron chi connectivity index (χ0n) is 28.9. The van der Waals surface area contributed by atoms with Crippen molar-refractivity contribution in [2.75, 3.05) is 13.1 Å². The lowest BCUT2D eigenvalue weighted by Crippen LogP contribution is -2.49. The van der Waals surface area contributed by atoms with Gasteiger partial charge in [-0.3, -0.25) is 9.59 Å². The molecule has 5 aromatic rings. The van der Waals surface area contributed by atoms with E-state index in [0.29, 0.717) is 35.9 Å². The van der Waals surface area contributed by atoms with Gasteiger partial charge in [-0.1, -0.05) is 12.1 Å². The maximum atomic E-state index is 13.4. The van der Waals surface area contributed by atoms with E-state index < -0.39 is 24.3 Å². The number of amides is 4. The summed E-state index contributed by atoms with van der Waals surface area (Å²) < 4.78 is 6.37. The van der Waals surface area contributed by atoms with E-state index in [1.54, 1.807) is 9.80 Å². The van der Waals surface area contributed by atoms with Crippen molar-refractivity contribution in [2.45, 2.75) is 75.5 Å². The van der Waals surface area contributed by atoms with Crippen molar-refractivity contribution in [3.05, 3.63) is 60.4 Å². The highest BCUT2D eigenvalue weighted by atomic mass is 16.4. The first-order valence-corrected chi connectivity index (χ1v) is 18.4. The van der Waals surface area contributed by atoms with Crippen molar-refractivity contribution in [2.24, 2.45) is 11.8 Å². The first-order valence-electron chi connectivity index (χ1n) is 18.4. The molecule has 4 fully saturated rings. The first-order chi connectivity index (χ1) is 25.7. The number of imidazole rings is 2. The Labute approximate surface area is 303 Å². The van der Waals surface area contributed by atoms with Gasteiger partial charge in [-0.25, -0.2) is 19.6 Å². The van der Waals surface area contributed by atoms with Crippen LogP contribution in [0, 0.1) is 11.8 Å². The Balaban J connectivity index is 0.929. The lowest BCUT2D eigenvalue weighted by Gasteiger charge is -2.27. The van der Waals surface area contributed by atoms with Gasteiger partial charge in [-0.2, -0.15) is 0 Å². The molecule has 53 heavy (non-hydrogen) atoms. The molecule has 2 saturated heterocycles. The molecule has 3 aromatic heterocycles. The number of hydrogen-bond acceptors (Lipinski definition) is 7. The van der Waals surface area contributed by atoms with Crippen LogP contribution in [-0.4, -0.2) is 89.1 Å². The average Bonchev–Trinajstić information content (AvgIpc) is 3.77. The summed E-state index contributed by atoms with van der Waals surface area (Å²) in [7, 11) is 0. The number of nitrogens with zero attached hydrogens (tertiary/aromatic N) is 4. The molecule has 6 N–H and O–H groups in total. The van der Waals surface area contributed by atoms with Gasteiger partial charge in [0.15, 0.2) is 0 Å². The van der Waals surface area contributed by atoms with Gasteiger partial charge < -0.3 is 45.0 Å². The number of furan rings is 1. The van der Waals surface area contributed by atoms with Crippen molar-refractivity contribution in [3.63, 3.8) is 0 Å². The van der Waals surface area contributed by atoms with Gasteiger partial charge in [-0.05, 0) is 87.5 Å². The van der Waals surface area contributed by atoms with Crippen LogP contribution in [0.2, 0.25) is 0 Å². The first kappa shape index (κ1) is 33.0. The van der Waals surface area contributed by atoms with Crippen molar-refractivity contribution < 1.29 is 33.8 Å². The summed E-state index contributed by atoms with van der Waals surface area (Å²) in [6.45, 7) is 1.12. The Kier molecular flexibility index (Phi) is 8.08. The average molecular weight is 721 g/mol. The van der Waals surface area contributed by atoms with E-state index >= 15 is 0 Å². The lowest BCUT2D eigenvalue weighted by atomic mass is 10.1. The number of benzene rings is 2. The molecule has 0 radical (unpaired) electrons. The van der Waals surface area contributed by atoms with Gasteiger partial charge in [0.05, 0.1) is 23.5 Å². The van der Waals surface area contributed by atoms with Gasteiger partial charge in [0.25, 0.3) is 0 Å². The molecule has 2 aromatic carbocycles. The fourth-order valence-corrected chi connectivity index (χ4v) is 8.28. The van der Waals surface area contributed by atoms with Gasteiger partial charge in [0.2, 0.25) is 11.8 Å². The van der Waals surface area contributed by atoms with E-state index in [9.17, 15) is 29.4 Å². The predicted octanol–water partition coefficient (Wildman–Crippen LogP) is 5.79. The molecular formula is C38H40N8O7. The molecule has 2 saturated carbocycles. The molecule has 2 unspecified atom stereocenters. The number of likely N-dealkylation sites (tertiary alicyclic amines) is 2. The highest BCUT2D eigenvalue weighted by molar-refractivity contribution is 6.06. The lowest BCUT2D eigenvalue weighted by molar-refractivity contribution is -0.135. The smallest absolute Gasteiger partial charge is 0.405 e. The van der Waals surface area contributed by atoms with E-state index in [1.165, 1.54) is 0 Å². The number of H-pyrrole nitrogens is 2. The van der Waals surface area contributed by atoms with Gasteiger partial charge >= 0.3 is 12.2 Å². The molecule has 274 valence electrons. The molecule has 4 aliphatic rings. The Hall–Kier alpha value is -5.86. The number of carbonyl (C=O) groups is 4. The highest BCUT2D eigenvalue weighted by Crippen LogP contribution is 2.40. The fraction of sp³-hybridized carbons (Fsp3) is 0.421. The molecule has 2 aliphatic carbocycles. The number of carbonyl (C=O) groups excluding carboxylic acids is 2. The van der Waals surface area contributed by atoms with Crippen molar-refractivity contribution in [1.29, 1.82) is 0 Å². The molecule has 2 aliphatic heterocycles. The molecule has 15 nitrogen and oxygen atoms in total. The Morgan fingerprint density at radius 1 is 0.679 bits per heavy atom. The zero-order chi connectivity index (χ0) is 36.4. The van der Waals surface area contributed by atoms with Gasteiger partial charge in [0, 0.05) is 47.4 Å². The standard InChI is InChI=1S/C38H40N8O7/c47-35(31(19-5-6-19)43-37(49)50)45-13-1-3-27(45)33-39-17-25(41-33)21-9-11-23-24-12-10-22(16-30(24)53-29(23)15-21)26-18-40-34(42-26)28-4-2-14-46(28)36(48)32(20-7-8-20)44-38(51)52/h9-12,15-20,27-28,31-32,43-44H,1-8,13-14H2,(H,39,41)(H,40,42)(H,49,50)(H,51,52)/t27-,28?,31-,32?/m0/s1. The zero-order valence-corrected chi connectivity index (χ0v) is 28.9. The molecule has 4 amide bonds. The fourth-order valence-electron chi connectivity index (χ4n) is 8.28. The van der Waals surface area contributed by atoms with Crippen LogP contribution in [-0.2, 0) is 9.59 Å². The van der Waals surface area contributed by atoms with Gasteiger partial charge in [-0.15, -0.1) is 0 Å². The summed E-state index contributed by atoms with van der Waals surface area (Å²) in [6.07, 6.45) is 7.78.